The summed E-state index contributed by atoms with van der Waals surface area (Å²) in [5.41, 5.74) is 11.2. The molecule has 1 fully saturated rings. The van der Waals surface area contributed by atoms with Crippen molar-refractivity contribution in [2.45, 2.75) is 37.8 Å². The molecule has 1 aromatic carbocycles. The van der Waals surface area contributed by atoms with E-state index in [0.29, 0.717) is 0 Å². The molecule has 0 radical (unpaired) electrons. The van der Waals surface area contributed by atoms with Crippen LogP contribution >= 0.6 is 0 Å². The molecular weight excluding hydrogens is 273 g/mol. The molecule has 21 heavy (non-hydrogen) atoms. The first-order chi connectivity index (χ1) is 10.0. The van der Waals surface area contributed by atoms with E-state index in [9.17, 15) is 9.50 Å². The predicted molar refractivity (Wildman–Crippen MR) is 79.6 cm³/mol. The van der Waals surface area contributed by atoms with Gasteiger partial charge in [0.25, 0.3) is 0 Å². The zero-order valence-electron chi connectivity index (χ0n) is 11.6. The lowest BCUT2D eigenvalue weighted by Crippen LogP contribution is -2.58. The number of aromatic hydroxyl groups is 1. The summed E-state index contributed by atoms with van der Waals surface area (Å²) in [6, 6.07) is 3.84. The number of guanidine groups is 2. The molecule has 5 N–H and O–H groups in total. The minimum atomic E-state index is -0.706. The van der Waals surface area contributed by atoms with E-state index >= 15 is 0 Å². The van der Waals surface area contributed by atoms with Gasteiger partial charge in [0.15, 0.2) is 0 Å². The van der Waals surface area contributed by atoms with E-state index in [4.69, 9.17) is 11.5 Å². The van der Waals surface area contributed by atoms with Crippen LogP contribution < -0.4 is 16.4 Å². The van der Waals surface area contributed by atoms with Gasteiger partial charge in [-0.1, -0.05) is 6.42 Å². The van der Waals surface area contributed by atoms with E-state index in [1.54, 1.807) is 4.90 Å². The second-order valence-electron chi connectivity index (χ2n) is 5.45. The Kier molecular flexibility index (Phi) is 3.19. The first-order valence-corrected chi connectivity index (χ1v) is 7.00. The lowest BCUT2D eigenvalue weighted by atomic mass is 9.87. The number of nitrogens with zero attached hydrogens (tertiary/aromatic N) is 3. The summed E-state index contributed by atoms with van der Waals surface area (Å²) in [7, 11) is 0. The molecule has 0 atom stereocenters. The van der Waals surface area contributed by atoms with Crippen molar-refractivity contribution < 1.29 is 9.50 Å². The molecule has 1 aromatic rings. The molecule has 0 amide bonds. The highest BCUT2D eigenvalue weighted by Crippen LogP contribution is 2.40. The Bertz CT molecular complexity index is 622. The van der Waals surface area contributed by atoms with Crippen LogP contribution in [0.15, 0.2) is 28.2 Å². The van der Waals surface area contributed by atoms with Crippen LogP contribution in [-0.4, -0.2) is 22.7 Å². The highest BCUT2D eigenvalue weighted by Gasteiger charge is 2.43. The van der Waals surface area contributed by atoms with Gasteiger partial charge in [0.05, 0.1) is 5.69 Å². The van der Waals surface area contributed by atoms with Gasteiger partial charge in [0.2, 0.25) is 11.9 Å². The average molecular weight is 291 g/mol. The fourth-order valence-corrected chi connectivity index (χ4v) is 3.14. The number of halogens is 1. The molecule has 0 unspecified atom stereocenters. The van der Waals surface area contributed by atoms with E-state index in [2.05, 4.69) is 9.98 Å². The van der Waals surface area contributed by atoms with Crippen molar-refractivity contribution in [1.29, 1.82) is 0 Å². The molecule has 7 heteroatoms. The summed E-state index contributed by atoms with van der Waals surface area (Å²) in [5, 5.41) is 9.66. The number of phenols is 1. The summed E-state index contributed by atoms with van der Waals surface area (Å²) >= 11 is 0. The summed E-state index contributed by atoms with van der Waals surface area (Å²) in [6.07, 6.45) is 4.46. The summed E-state index contributed by atoms with van der Waals surface area (Å²) in [6.45, 7) is 0. The Morgan fingerprint density at radius 3 is 2.62 bits per heavy atom. The quantitative estimate of drug-likeness (QED) is 0.732. The molecule has 6 nitrogen and oxygen atoms in total. The van der Waals surface area contributed by atoms with Crippen molar-refractivity contribution in [3.63, 3.8) is 0 Å². The third-order valence-electron chi connectivity index (χ3n) is 4.02. The minimum absolute atomic E-state index is 0.0346. The molecule has 1 aliphatic heterocycles. The van der Waals surface area contributed by atoms with Crippen molar-refractivity contribution in [3.05, 3.63) is 24.0 Å². The van der Waals surface area contributed by atoms with Gasteiger partial charge in [0, 0.05) is 6.07 Å². The van der Waals surface area contributed by atoms with Crippen molar-refractivity contribution in [1.82, 2.24) is 0 Å². The smallest absolute Gasteiger partial charge is 0.220 e. The summed E-state index contributed by atoms with van der Waals surface area (Å²) in [4.78, 5) is 9.98. The predicted octanol–water partition coefficient (Wildman–Crippen LogP) is 1.64. The zero-order chi connectivity index (χ0) is 15.0. The normalized spacial score (nSPS) is 21.1. The van der Waals surface area contributed by atoms with Gasteiger partial charge >= 0.3 is 0 Å². The molecule has 3 rings (SSSR count). The Morgan fingerprint density at radius 1 is 1.19 bits per heavy atom. The topological polar surface area (TPSA) is 100 Å². The van der Waals surface area contributed by atoms with Crippen LogP contribution in [0.2, 0.25) is 0 Å². The minimum Gasteiger partial charge on any atom is -0.508 e. The zero-order valence-corrected chi connectivity index (χ0v) is 11.6. The van der Waals surface area contributed by atoms with Crippen LogP contribution in [0.4, 0.5) is 10.1 Å². The van der Waals surface area contributed by atoms with Crippen molar-refractivity contribution in [3.8, 4) is 5.75 Å². The second kappa shape index (κ2) is 4.91. The Hall–Kier alpha value is -2.31. The van der Waals surface area contributed by atoms with E-state index in [1.165, 1.54) is 18.2 Å². The van der Waals surface area contributed by atoms with Gasteiger partial charge in [-0.25, -0.2) is 9.38 Å². The number of benzene rings is 1. The Balaban J connectivity index is 2.13. The molecule has 1 spiro atoms. The largest absolute Gasteiger partial charge is 0.508 e. The third kappa shape index (κ3) is 2.28. The number of hydrogen-bond donors (Lipinski definition) is 3. The van der Waals surface area contributed by atoms with Gasteiger partial charge in [-0.15, -0.1) is 0 Å². The first kappa shape index (κ1) is 13.7. The highest BCUT2D eigenvalue weighted by molar-refractivity contribution is 6.05. The Labute approximate surface area is 122 Å². The molecule has 1 aliphatic carbocycles. The van der Waals surface area contributed by atoms with Crippen molar-refractivity contribution in [2.24, 2.45) is 21.5 Å². The molecule has 0 saturated heterocycles. The van der Waals surface area contributed by atoms with Gasteiger partial charge in [0.1, 0.15) is 17.2 Å². The maximum Gasteiger partial charge on any atom is 0.220 e. The molecule has 0 aromatic heterocycles. The fraction of sp³-hybridized carbons (Fsp3) is 0.429. The fourth-order valence-electron chi connectivity index (χ4n) is 3.14. The highest BCUT2D eigenvalue weighted by atomic mass is 19.1. The van der Waals surface area contributed by atoms with Gasteiger partial charge in [-0.3, -0.25) is 4.90 Å². The van der Waals surface area contributed by atoms with Gasteiger partial charge in [-0.2, -0.15) is 4.99 Å². The maximum atomic E-state index is 14.2. The molecule has 0 bridgehead atoms. The van der Waals surface area contributed by atoms with E-state index in [1.807, 2.05) is 0 Å². The SMILES string of the molecule is NC1=NC2(CCCCC2)N(c2cc(O)ccc2F)C(N)=N1. The number of hydrogen-bond acceptors (Lipinski definition) is 6. The van der Waals surface area contributed by atoms with Crippen LogP contribution in [0, 0.1) is 5.82 Å². The van der Waals surface area contributed by atoms with Crippen molar-refractivity contribution >= 4 is 17.6 Å². The summed E-state index contributed by atoms with van der Waals surface area (Å²) < 4.78 is 14.2. The second-order valence-corrected chi connectivity index (χ2v) is 5.45. The molecular formula is C14H18FN5O. The number of nitrogens with two attached hydrogens (primary N) is 2. The average Bonchev–Trinajstić information content (AvgIpc) is 2.42. The number of anilines is 1. The van der Waals surface area contributed by atoms with Crippen LogP contribution in [0.3, 0.4) is 0 Å². The summed E-state index contributed by atoms with van der Waals surface area (Å²) in [5.74, 6) is -0.292. The number of aliphatic imine (C=N–C) groups is 2. The maximum absolute atomic E-state index is 14.2. The van der Waals surface area contributed by atoms with Crippen molar-refractivity contribution in [2.75, 3.05) is 4.90 Å². The van der Waals surface area contributed by atoms with Gasteiger partial charge < -0.3 is 16.6 Å². The number of phenolic OH excluding ortho intramolecular Hbond substituents is 1. The third-order valence-corrected chi connectivity index (χ3v) is 4.02. The van der Waals surface area contributed by atoms with E-state index < -0.39 is 11.5 Å². The van der Waals surface area contributed by atoms with Crippen LogP contribution in [0.25, 0.3) is 0 Å². The number of rotatable bonds is 1. The Morgan fingerprint density at radius 2 is 1.90 bits per heavy atom. The van der Waals surface area contributed by atoms with Gasteiger partial charge in [-0.05, 0) is 37.8 Å². The lowest BCUT2D eigenvalue weighted by Gasteiger charge is -2.45. The molecule has 2 aliphatic rings. The molecule has 1 saturated carbocycles. The van der Waals surface area contributed by atoms with Crippen LogP contribution in [0.1, 0.15) is 32.1 Å². The molecule has 1 heterocycles. The van der Waals surface area contributed by atoms with Crippen LogP contribution in [0.5, 0.6) is 5.75 Å². The van der Waals surface area contributed by atoms with Crippen LogP contribution in [-0.2, 0) is 0 Å². The standard InChI is InChI=1S/C14H18FN5O/c15-10-5-4-9(21)8-11(10)20-13(17)18-12(16)19-14(20)6-2-1-3-7-14/h4-5,8,21H,1-3,6-7H2,(H4,16,17,18,19). The first-order valence-electron chi connectivity index (χ1n) is 7.00. The lowest BCUT2D eigenvalue weighted by molar-refractivity contribution is 0.303. The van der Waals surface area contributed by atoms with E-state index in [0.717, 1.165) is 32.1 Å². The van der Waals surface area contributed by atoms with E-state index in [-0.39, 0.29) is 23.4 Å². The molecule has 112 valence electrons. The monoisotopic (exact) mass is 291 g/mol.